The van der Waals surface area contributed by atoms with Crippen molar-refractivity contribution in [2.24, 2.45) is 5.92 Å². The highest BCUT2D eigenvalue weighted by Crippen LogP contribution is 2.46. The third-order valence-corrected chi connectivity index (χ3v) is 12.4. The fraction of sp³-hybridized carbons (Fsp3) is 0.571. The summed E-state index contributed by atoms with van der Waals surface area (Å²) in [6.45, 7) is 3.98. The predicted molar refractivity (Wildman–Crippen MR) is 183 cm³/mol. The monoisotopic (exact) mass is 776 g/mol. The molecule has 0 aliphatic carbocycles. The van der Waals surface area contributed by atoms with Gasteiger partial charge in [-0.2, -0.15) is 26.3 Å². The van der Waals surface area contributed by atoms with Gasteiger partial charge in [0.2, 0.25) is 5.60 Å². The zero-order chi connectivity index (χ0) is 36.6. The molecule has 278 valence electrons. The number of ether oxygens (including phenoxy) is 1. The second-order valence-electron chi connectivity index (χ2n) is 13.4. The van der Waals surface area contributed by atoms with Crippen LogP contribution in [-0.2, 0) is 23.6 Å². The Morgan fingerprint density at radius 2 is 1.90 bits per heavy atom. The van der Waals surface area contributed by atoms with Gasteiger partial charge in [0.05, 0.1) is 22.0 Å². The lowest BCUT2D eigenvalue weighted by Crippen LogP contribution is -2.68. The van der Waals surface area contributed by atoms with E-state index in [1.54, 1.807) is 4.90 Å². The van der Waals surface area contributed by atoms with E-state index in [4.69, 9.17) is 16.3 Å². The smallest absolute Gasteiger partial charge is 0.425 e. The third kappa shape index (κ3) is 7.91. The minimum absolute atomic E-state index is 0.0103. The normalized spacial score (nSPS) is 24.1. The highest BCUT2D eigenvalue weighted by Gasteiger charge is 2.57. The largest absolute Gasteiger partial charge is 0.474 e. The molecule has 16 heteroatoms. The van der Waals surface area contributed by atoms with Crippen LogP contribution in [-0.4, -0.2) is 64.4 Å². The summed E-state index contributed by atoms with van der Waals surface area (Å²) >= 11 is 8.36. The molecule has 0 radical (unpaired) electrons. The van der Waals surface area contributed by atoms with Crippen molar-refractivity contribution in [3.05, 3.63) is 66.8 Å². The Balaban J connectivity index is 1.42. The third-order valence-electron chi connectivity index (χ3n) is 10.2. The Morgan fingerprint density at radius 1 is 1.10 bits per heavy atom. The molecule has 3 aliphatic rings. The molecule has 7 nitrogen and oxygen atoms in total. The number of alkyl halides is 6. The Bertz CT molecular complexity index is 1710. The fourth-order valence-electron chi connectivity index (χ4n) is 7.87. The van der Waals surface area contributed by atoms with Crippen LogP contribution in [0, 0.1) is 5.92 Å². The van der Waals surface area contributed by atoms with Crippen molar-refractivity contribution in [1.29, 1.82) is 0 Å². The van der Waals surface area contributed by atoms with Crippen molar-refractivity contribution >= 4 is 46.1 Å². The molecule has 6 rings (SSSR count). The van der Waals surface area contributed by atoms with Crippen molar-refractivity contribution < 1.29 is 40.7 Å². The molecule has 2 unspecified atom stereocenters. The van der Waals surface area contributed by atoms with Crippen LogP contribution < -0.4 is 10.1 Å². The first-order chi connectivity index (χ1) is 24.2. The van der Waals surface area contributed by atoms with E-state index in [2.05, 4.69) is 10.3 Å². The summed E-state index contributed by atoms with van der Waals surface area (Å²) in [7, 11) is 0. The number of nitrogens with one attached hydrogen (secondary N) is 1. The molecule has 2 amide bonds. The van der Waals surface area contributed by atoms with Crippen LogP contribution in [0.15, 0.2) is 35.8 Å². The van der Waals surface area contributed by atoms with Crippen LogP contribution in [0.25, 0.3) is 0 Å². The van der Waals surface area contributed by atoms with Crippen LogP contribution in [0.2, 0.25) is 4.34 Å². The summed E-state index contributed by atoms with van der Waals surface area (Å²) in [4.78, 5) is 36.4. The number of carbonyl (C=O) groups is 2. The van der Waals surface area contributed by atoms with E-state index in [9.17, 15) is 31.1 Å². The van der Waals surface area contributed by atoms with E-state index < -0.39 is 58.0 Å². The molecule has 0 bridgehead atoms. The van der Waals surface area contributed by atoms with Gasteiger partial charge in [-0.25, -0.2) is 0 Å². The number of fused-ring (bicyclic) bond motifs is 1. The zero-order valence-electron chi connectivity index (χ0n) is 27.9. The Kier molecular flexibility index (Phi) is 11.3. The second kappa shape index (κ2) is 15.2. The van der Waals surface area contributed by atoms with Gasteiger partial charge in [-0.3, -0.25) is 14.6 Å². The summed E-state index contributed by atoms with van der Waals surface area (Å²) < 4.78 is 90.6. The van der Waals surface area contributed by atoms with Crippen LogP contribution in [0.4, 0.5) is 26.3 Å². The molecule has 0 aromatic carbocycles. The average molecular weight is 777 g/mol. The molecule has 51 heavy (non-hydrogen) atoms. The second-order valence-corrected chi connectivity index (χ2v) is 16.1. The maximum Gasteiger partial charge on any atom is 0.425 e. The number of carbonyl (C=O) groups excluding carboxylic acids is 2. The van der Waals surface area contributed by atoms with Gasteiger partial charge in [0.15, 0.2) is 0 Å². The van der Waals surface area contributed by atoms with E-state index in [0.717, 1.165) is 67.2 Å². The molecule has 2 fully saturated rings. The van der Waals surface area contributed by atoms with Gasteiger partial charge >= 0.3 is 12.4 Å². The summed E-state index contributed by atoms with van der Waals surface area (Å²) in [6, 6.07) is 3.06. The first-order valence-corrected chi connectivity index (χ1v) is 19.3. The molecule has 3 aliphatic heterocycles. The number of hydrogen-bond donors (Lipinski definition) is 1. The number of amides is 2. The van der Waals surface area contributed by atoms with E-state index in [-0.39, 0.29) is 38.1 Å². The zero-order valence-corrected chi connectivity index (χ0v) is 30.3. The highest BCUT2D eigenvalue weighted by atomic mass is 35.5. The molecule has 3 aromatic heterocycles. The quantitative estimate of drug-likeness (QED) is 0.208. The topological polar surface area (TPSA) is 74.8 Å². The van der Waals surface area contributed by atoms with E-state index >= 15 is 4.79 Å². The maximum absolute atomic E-state index is 15.4. The molecular weight excluding hydrogens is 738 g/mol. The van der Waals surface area contributed by atoms with Crippen molar-refractivity contribution in [2.45, 2.75) is 94.7 Å². The molecule has 4 atom stereocenters. The van der Waals surface area contributed by atoms with Crippen LogP contribution in [0.3, 0.4) is 0 Å². The number of halogens is 7. The van der Waals surface area contributed by atoms with Gasteiger partial charge in [-0.05, 0) is 81.3 Å². The lowest BCUT2D eigenvalue weighted by Gasteiger charge is -2.51. The number of hydrogen-bond acceptors (Lipinski definition) is 7. The van der Waals surface area contributed by atoms with Gasteiger partial charge < -0.3 is 19.9 Å². The van der Waals surface area contributed by atoms with Crippen molar-refractivity contribution in [2.75, 3.05) is 26.2 Å². The summed E-state index contributed by atoms with van der Waals surface area (Å²) in [5.74, 6) is -1.20. The van der Waals surface area contributed by atoms with Crippen LogP contribution in [0.5, 0.6) is 5.75 Å². The fourth-order valence-corrected chi connectivity index (χ4v) is 9.87. The van der Waals surface area contributed by atoms with Gasteiger partial charge in [0, 0.05) is 42.0 Å². The van der Waals surface area contributed by atoms with Crippen LogP contribution >= 0.6 is 34.3 Å². The number of thiophene rings is 2. The number of likely N-dealkylation sites (tertiary alicyclic amines) is 1. The molecular formula is C35H39ClF6N4O3S2. The van der Waals surface area contributed by atoms with Gasteiger partial charge in [-0.1, -0.05) is 31.4 Å². The molecule has 0 saturated carbocycles. The van der Waals surface area contributed by atoms with E-state index in [1.807, 2.05) is 13.0 Å². The Labute approximate surface area is 305 Å². The van der Waals surface area contributed by atoms with E-state index in [1.165, 1.54) is 21.6 Å². The molecule has 1 N–H and O–H groups in total. The van der Waals surface area contributed by atoms with Crippen molar-refractivity contribution in [3.8, 4) is 5.75 Å². The standard InChI is InChI=1S/C35H39ClF6N4O3S2/c1-2-6-27-33(49-22-17-28(50-20-22)35(40,41)42,12-5-15-46(27)31(47)30-24(34(37,38)39)8-4-13-44-30)32(48)45-16-11-26-23(18-29(36)51-26)25(45)9-3-7-21-10-14-43-19-21/h4,8,13,17-18,20-21,25,27,43H,2-3,5-7,9-12,14-16,19H2,1H3/t21?,25?,27-,33+/m1/s1. The summed E-state index contributed by atoms with van der Waals surface area (Å²) in [5.41, 5.74) is -3.00. The first-order valence-electron chi connectivity index (χ1n) is 17.2. The van der Waals surface area contributed by atoms with E-state index in [0.29, 0.717) is 40.9 Å². The molecule has 2 saturated heterocycles. The average Bonchev–Trinajstić information content (AvgIpc) is 3.86. The predicted octanol–water partition coefficient (Wildman–Crippen LogP) is 9.02. The Hall–Kier alpha value is -2.88. The van der Waals surface area contributed by atoms with Crippen molar-refractivity contribution in [1.82, 2.24) is 20.1 Å². The number of aromatic nitrogens is 1. The number of pyridine rings is 1. The minimum atomic E-state index is -4.88. The minimum Gasteiger partial charge on any atom is -0.474 e. The SMILES string of the molecule is CCC[C@H]1N(C(=O)c2ncccc2C(F)(F)F)CCC[C@@]1(Oc1csc(C(F)(F)F)c1)C(=O)N1CCc2sc(Cl)cc2C1CCCC1CCNC1. The lowest BCUT2D eigenvalue weighted by atomic mass is 9.78. The highest BCUT2D eigenvalue weighted by molar-refractivity contribution is 7.16. The van der Waals surface area contributed by atoms with Crippen molar-refractivity contribution in [3.63, 3.8) is 0 Å². The number of piperidine rings is 1. The van der Waals surface area contributed by atoms with Gasteiger partial charge in [-0.15, -0.1) is 22.7 Å². The first kappa shape index (κ1) is 37.9. The summed E-state index contributed by atoms with van der Waals surface area (Å²) in [5, 5.41) is 4.56. The molecule has 6 heterocycles. The summed E-state index contributed by atoms with van der Waals surface area (Å²) in [6.07, 6.45) is -3.76. The number of nitrogens with zero attached hydrogens (tertiary/aromatic N) is 3. The van der Waals surface area contributed by atoms with Gasteiger partial charge in [0.25, 0.3) is 11.8 Å². The molecule has 0 spiro atoms. The molecule has 3 aromatic rings. The Morgan fingerprint density at radius 3 is 2.59 bits per heavy atom. The number of rotatable bonds is 10. The lowest BCUT2D eigenvalue weighted by molar-refractivity contribution is -0.162. The van der Waals surface area contributed by atoms with Crippen LogP contribution in [0.1, 0.15) is 95.7 Å². The van der Waals surface area contributed by atoms with Gasteiger partial charge in [0.1, 0.15) is 16.3 Å². The maximum atomic E-state index is 15.4.